The lowest BCUT2D eigenvalue weighted by Gasteiger charge is -2.34. The van der Waals surface area contributed by atoms with E-state index >= 15 is 0 Å². The quantitative estimate of drug-likeness (QED) is 0.162. The third-order valence-electron chi connectivity index (χ3n) is 8.57. The highest BCUT2D eigenvalue weighted by atomic mass is 79.9. The SMILES string of the molecule is Cc1ccc(S(=O)(=O)N(CC(=O)N(Cc2ccc(Br)cc2)[C@@H](Cc2ccccc2)C(=O)NC2CCCC2)c2ccc(C)c(Cl)c2)cc1. The van der Waals surface area contributed by atoms with Gasteiger partial charge in [-0.2, -0.15) is 0 Å². The smallest absolute Gasteiger partial charge is 0.264 e. The molecule has 5 rings (SSSR count). The van der Waals surface area contributed by atoms with Gasteiger partial charge in [0.1, 0.15) is 12.6 Å². The van der Waals surface area contributed by atoms with E-state index in [1.54, 1.807) is 30.3 Å². The van der Waals surface area contributed by atoms with Crippen LogP contribution in [0.25, 0.3) is 0 Å². The fraction of sp³-hybridized carbons (Fsp3) is 0.297. The van der Waals surface area contributed by atoms with Gasteiger partial charge in [0.2, 0.25) is 11.8 Å². The van der Waals surface area contributed by atoms with Crippen LogP contribution in [0.1, 0.15) is 47.9 Å². The largest absolute Gasteiger partial charge is 0.352 e. The van der Waals surface area contributed by atoms with Crippen molar-refractivity contribution in [3.8, 4) is 0 Å². The van der Waals surface area contributed by atoms with E-state index in [2.05, 4.69) is 21.2 Å². The molecule has 0 saturated heterocycles. The van der Waals surface area contributed by atoms with Crippen LogP contribution in [0.4, 0.5) is 5.69 Å². The van der Waals surface area contributed by atoms with Crippen molar-refractivity contribution in [1.82, 2.24) is 10.2 Å². The van der Waals surface area contributed by atoms with Gasteiger partial charge in [-0.3, -0.25) is 13.9 Å². The Hall–Kier alpha value is -3.66. The van der Waals surface area contributed by atoms with Gasteiger partial charge in [-0.15, -0.1) is 0 Å². The monoisotopic (exact) mass is 735 g/mol. The number of rotatable bonds is 12. The highest BCUT2D eigenvalue weighted by Gasteiger charge is 2.35. The first-order valence-corrected chi connectivity index (χ1v) is 18.4. The maximum Gasteiger partial charge on any atom is 0.264 e. The van der Waals surface area contributed by atoms with Crippen molar-refractivity contribution in [3.05, 3.63) is 129 Å². The molecular weight excluding hydrogens is 698 g/mol. The molecule has 1 N–H and O–H groups in total. The molecular formula is C37H39BrClN3O4S. The number of carbonyl (C=O) groups is 2. The van der Waals surface area contributed by atoms with Gasteiger partial charge >= 0.3 is 0 Å². The maximum absolute atomic E-state index is 14.7. The van der Waals surface area contributed by atoms with Crippen molar-refractivity contribution in [2.45, 2.75) is 69.5 Å². The van der Waals surface area contributed by atoms with Gasteiger partial charge in [0.15, 0.2) is 0 Å². The summed E-state index contributed by atoms with van der Waals surface area (Å²) in [5.74, 6) is -0.764. The minimum atomic E-state index is -4.21. The van der Waals surface area contributed by atoms with E-state index in [-0.39, 0.29) is 35.5 Å². The molecule has 0 unspecified atom stereocenters. The summed E-state index contributed by atoms with van der Waals surface area (Å²) in [5, 5.41) is 3.58. The summed E-state index contributed by atoms with van der Waals surface area (Å²) < 4.78 is 30.5. The van der Waals surface area contributed by atoms with E-state index in [0.717, 1.165) is 56.7 Å². The second kappa shape index (κ2) is 15.5. The van der Waals surface area contributed by atoms with Crippen LogP contribution in [0.2, 0.25) is 5.02 Å². The number of amides is 2. The lowest BCUT2D eigenvalue weighted by atomic mass is 10.0. The fourth-order valence-corrected chi connectivity index (χ4v) is 7.66. The van der Waals surface area contributed by atoms with Gasteiger partial charge < -0.3 is 10.2 Å². The number of anilines is 1. The molecule has 0 heterocycles. The van der Waals surface area contributed by atoms with E-state index in [1.165, 1.54) is 17.0 Å². The maximum atomic E-state index is 14.7. The minimum absolute atomic E-state index is 0.0403. The van der Waals surface area contributed by atoms with Crippen molar-refractivity contribution in [1.29, 1.82) is 0 Å². The Morgan fingerprint density at radius 3 is 2.19 bits per heavy atom. The highest BCUT2D eigenvalue weighted by molar-refractivity contribution is 9.10. The summed E-state index contributed by atoms with van der Waals surface area (Å²) in [4.78, 5) is 30.3. The standard InChI is InChI=1S/C37H39BrClN3O4S/c1-26-12-20-33(21-13-26)47(45,46)42(32-19-14-27(2)34(39)23-32)25-36(43)41(24-29-15-17-30(38)18-16-29)35(22-28-8-4-3-5-9-28)37(44)40-31-10-6-7-11-31/h3-5,8-9,12-21,23,31,35H,6-7,10-11,22,24-25H2,1-2H3,(H,40,44)/t35-/m0/s1. The third kappa shape index (κ3) is 8.83. The highest BCUT2D eigenvalue weighted by Crippen LogP contribution is 2.29. The molecule has 1 aliphatic rings. The molecule has 10 heteroatoms. The molecule has 1 aliphatic carbocycles. The van der Waals surface area contributed by atoms with Crippen LogP contribution in [0.3, 0.4) is 0 Å². The van der Waals surface area contributed by atoms with Gasteiger partial charge in [0, 0.05) is 28.5 Å². The predicted molar refractivity (Wildman–Crippen MR) is 191 cm³/mol. The van der Waals surface area contributed by atoms with Gasteiger partial charge in [-0.25, -0.2) is 8.42 Å². The second-order valence-corrected chi connectivity index (χ2v) is 15.3. The summed E-state index contributed by atoms with van der Waals surface area (Å²) >= 11 is 9.96. The molecule has 1 saturated carbocycles. The zero-order valence-electron chi connectivity index (χ0n) is 26.5. The van der Waals surface area contributed by atoms with Gasteiger partial charge in [-0.1, -0.05) is 107 Å². The zero-order valence-corrected chi connectivity index (χ0v) is 29.7. The third-order valence-corrected chi connectivity index (χ3v) is 11.3. The molecule has 1 fully saturated rings. The first-order chi connectivity index (χ1) is 22.5. The van der Waals surface area contributed by atoms with Crippen molar-refractivity contribution < 1.29 is 18.0 Å². The zero-order chi connectivity index (χ0) is 33.6. The molecule has 0 aliphatic heterocycles. The van der Waals surface area contributed by atoms with Crippen LogP contribution in [0, 0.1) is 13.8 Å². The summed E-state index contributed by atoms with van der Waals surface area (Å²) in [5.41, 5.74) is 3.63. The minimum Gasteiger partial charge on any atom is -0.352 e. The Balaban J connectivity index is 1.57. The molecule has 4 aromatic carbocycles. The van der Waals surface area contributed by atoms with E-state index in [0.29, 0.717) is 5.02 Å². The topological polar surface area (TPSA) is 86.8 Å². The Morgan fingerprint density at radius 1 is 0.894 bits per heavy atom. The van der Waals surface area contributed by atoms with E-state index in [9.17, 15) is 18.0 Å². The lowest BCUT2D eigenvalue weighted by Crippen LogP contribution is -2.54. The number of hydrogen-bond donors (Lipinski definition) is 1. The van der Waals surface area contributed by atoms with Crippen LogP contribution < -0.4 is 9.62 Å². The normalized spacial score (nSPS) is 14.0. The Labute approximate surface area is 291 Å². The molecule has 2 amide bonds. The van der Waals surface area contributed by atoms with Gasteiger partial charge in [-0.05, 0) is 79.8 Å². The van der Waals surface area contributed by atoms with Crippen LogP contribution in [-0.4, -0.2) is 43.8 Å². The molecule has 246 valence electrons. The molecule has 0 bridgehead atoms. The predicted octanol–water partition coefficient (Wildman–Crippen LogP) is 7.61. The first-order valence-electron chi connectivity index (χ1n) is 15.7. The Morgan fingerprint density at radius 2 is 1.55 bits per heavy atom. The first kappa shape index (κ1) is 34.7. The molecule has 0 radical (unpaired) electrons. The molecule has 47 heavy (non-hydrogen) atoms. The number of hydrogen-bond acceptors (Lipinski definition) is 4. The number of nitrogens with one attached hydrogen (secondary N) is 1. The number of halogens is 2. The average molecular weight is 737 g/mol. The second-order valence-electron chi connectivity index (χ2n) is 12.1. The summed E-state index contributed by atoms with van der Waals surface area (Å²) in [6, 6.07) is 27.7. The summed E-state index contributed by atoms with van der Waals surface area (Å²) in [6.45, 7) is 3.27. The van der Waals surface area contributed by atoms with E-state index in [1.807, 2.05) is 68.4 Å². The van der Waals surface area contributed by atoms with Crippen LogP contribution in [0.5, 0.6) is 0 Å². The number of aryl methyl sites for hydroxylation is 2. The summed E-state index contributed by atoms with van der Waals surface area (Å²) in [6.07, 6.45) is 4.13. The molecule has 7 nitrogen and oxygen atoms in total. The molecule has 0 aromatic heterocycles. The average Bonchev–Trinajstić information content (AvgIpc) is 3.57. The van der Waals surface area contributed by atoms with Crippen LogP contribution >= 0.6 is 27.5 Å². The van der Waals surface area contributed by atoms with Crippen molar-refractivity contribution in [2.75, 3.05) is 10.8 Å². The van der Waals surface area contributed by atoms with Crippen molar-refractivity contribution in [3.63, 3.8) is 0 Å². The number of benzene rings is 4. The fourth-order valence-electron chi connectivity index (χ4n) is 5.81. The van der Waals surface area contributed by atoms with Crippen molar-refractivity contribution >= 4 is 55.1 Å². The summed E-state index contributed by atoms with van der Waals surface area (Å²) in [7, 11) is -4.21. The van der Waals surface area contributed by atoms with E-state index in [4.69, 9.17) is 11.6 Å². The molecule has 4 aromatic rings. The van der Waals surface area contributed by atoms with Gasteiger partial charge in [0.25, 0.3) is 10.0 Å². The van der Waals surface area contributed by atoms with Crippen LogP contribution in [-0.2, 0) is 32.6 Å². The van der Waals surface area contributed by atoms with E-state index < -0.39 is 28.5 Å². The lowest BCUT2D eigenvalue weighted by molar-refractivity contribution is -0.140. The number of sulfonamides is 1. The molecule has 1 atom stereocenters. The van der Waals surface area contributed by atoms with Crippen molar-refractivity contribution in [2.24, 2.45) is 0 Å². The van der Waals surface area contributed by atoms with Crippen LogP contribution in [0.15, 0.2) is 106 Å². The van der Waals surface area contributed by atoms with Gasteiger partial charge in [0.05, 0.1) is 10.6 Å². The number of nitrogens with zero attached hydrogens (tertiary/aromatic N) is 2. The molecule has 0 spiro atoms. The number of carbonyl (C=O) groups excluding carboxylic acids is 2. The Kier molecular flexibility index (Phi) is 11.4. The Bertz CT molecular complexity index is 1800.